The molecule has 2 aromatic carbocycles. The lowest BCUT2D eigenvalue weighted by Crippen LogP contribution is -2.59. The molecule has 0 saturated heterocycles. The second-order valence-electron chi connectivity index (χ2n) is 11.5. The zero-order valence-corrected chi connectivity index (χ0v) is 26.9. The summed E-state index contributed by atoms with van der Waals surface area (Å²) in [7, 11) is 4.98. The number of aliphatic hydroxyl groups is 2. The van der Waals surface area contributed by atoms with Gasteiger partial charge in [-0.3, -0.25) is 19.2 Å². The Morgan fingerprint density at radius 2 is 1.53 bits per heavy atom. The molecule has 4 amide bonds. The van der Waals surface area contributed by atoms with Crippen molar-refractivity contribution in [1.82, 2.24) is 37.2 Å². The summed E-state index contributed by atoms with van der Waals surface area (Å²) in [6.07, 6.45) is -0.271. The summed E-state index contributed by atoms with van der Waals surface area (Å²) in [5.74, 6) is -2.88. The third-order valence-corrected chi connectivity index (χ3v) is 7.96. The van der Waals surface area contributed by atoms with Gasteiger partial charge < -0.3 is 57.6 Å². The molecule has 1 aliphatic rings. The topological polar surface area (TPSA) is 233 Å². The van der Waals surface area contributed by atoms with Crippen LogP contribution in [0, 0.1) is 0 Å². The van der Waals surface area contributed by atoms with Crippen LogP contribution in [0.5, 0.6) is 11.5 Å². The first-order valence-corrected chi connectivity index (χ1v) is 15.6. The summed E-state index contributed by atoms with van der Waals surface area (Å²) in [5, 5.41) is 60.4. The van der Waals surface area contributed by atoms with Crippen molar-refractivity contribution in [2.75, 3.05) is 47.4 Å². The van der Waals surface area contributed by atoms with Crippen LogP contribution in [0.3, 0.4) is 0 Å². The van der Waals surface area contributed by atoms with Crippen LogP contribution in [-0.2, 0) is 32.0 Å². The number of hydrogen-bond acceptors (Lipinski definition) is 11. The van der Waals surface area contributed by atoms with E-state index in [0.29, 0.717) is 35.2 Å². The summed E-state index contributed by atoms with van der Waals surface area (Å²) in [6, 6.07) is 5.08. The Bertz CT molecular complexity index is 1390. The number of amides is 4. The predicted molar refractivity (Wildman–Crippen MR) is 174 cm³/mol. The van der Waals surface area contributed by atoms with E-state index < -0.39 is 60.5 Å². The number of fused-ring (bicyclic) bond motifs is 5. The minimum atomic E-state index is -1.41. The van der Waals surface area contributed by atoms with E-state index in [0.717, 1.165) is 0 Å². The number of phenolic OH excluding ortho intramolecular Hbond substituents is 2. The van der Waals surface area contributed by atoms with Crippen LogP contribution in [0.25, 0.3) is 11.1 Å². The van der Waals surface area contributed by atoms with E-state index in [1.807, 2.05) is 0 Å². The molecule has 47 heavy (non-hydrogen) atoms. The third kappa shape index (κ3) is 10.6. The number of rotatable bonds is 13. The Morgan fingerprint density at radius 3 is 2.11 bits per heavy atom. The van der Waals surface area contributed by atoms with E-state index in [1.165, 1.54) is 12.1 Å². The van der Waals surface area contributed by atoms with Crippen molar-refractivity contribution in [2.45, 2.75) is 56.0 Å². The smallest absolute Gasteiger partial charge is 0.245 e. The summed E-state index contributed by atoms with van der Waals surface area (Å²) < 4.78 is 0. The maximum Gasteiger partial charge on any atom is 0.245 e. The molecular weight excluding hydrogens is 610 g/mol. The van der Waals surface area contributed by atoms with Crippen LogP contribution in [0.4, 0.5) is 0 Å². The Balaban J connectivity index is 2.02. The molecule has 1 aliphatic heterocycles. The fraction of sp³-hybridized carbons (Fsp3) is 0.500. The quantitative estimate of drug-likeness (QED) is 0.102. The second kappa shape index (κ2) is 18.2. The number of carbonyl (C=O) groups excluding carboxylic acids is 4. The highest BCUT2D eigenvalue weighted by molar-refractivity contribution is 5.95. The highest BCUT2D eigenvalue weighted by Crippen LogP contribution is 2.31. The molecule has 0 fully saturated rings. The van der Waals surface area contributed by atoms with Crippen LogP contribution in [0.15, 0.2) is 36.4 Å². The number of aromatic hydroxyl groups is 2. The largest absolute Gasteiger partial charge is 0.508 e. The molecule has 4 bridgehead atoms. The molecule has 0 saturated carbocycles. The molecule has 1 heterocycles. The molecule has 0 spiro atoms. The van der Waals surface area contributed by atoms with Crippen molar-refractivity contribution < 1.29 is 39.6 Å². The molecule has 258 valence electrons. The molecule has 15 heteroatoms. The van der Waals surface area contributed by atoms with E-state index >= 15 is 0 Å². The van der Waals surface area contributed by atoms with Crippen LogP contribution in [-0.4, -0.2) is 122 Å². The molecular formula is C32H47N7O8. The number of hydrogen-bond donors (Lipinski definition) is 11. The van der Waals surface area contributed by atoms with Crippen LogP contribution in [0.1, 0.15) is 24.0 Å². The van der Waals surface area contributed by atoms with Gasteiger partial charge in [-0.25, -0.2) is 0 Å². The molecule has 3 rings (SSSR count). The fourth-order valence-electron chi connectivity index (χ4n) is 5.24. The van der Waals surface area contributed by atoms with E-state index in [-0.39, 0.29) is 43.9 Å². The highest BCUT2D eigenvalue weighted by Gasteiger charge is 2.32. The van der Waals surface area contributed by atoms with Crippen molar-refractivity contribution in [3.05, 3.63) is 47.5 Å². The Morgan fingerprint density at radius 1 is 0.894 bits per heavy atom. The average Bonchev–Trinajstić information content (AvgIpc) is 3.05. The van der Waals surface area contributed by atoms with Crippen molar-refractivity contribution in [1.29, 1.82) is 0 Å². The molecule has 11 N–H and O–H groups in total. The third-order valence-electron chi connectivity index (χ3n) is 7.96. The fourth-order valence-corrected chi connectivity index (χ4v) is 5.24. The maximum atomic E-state index is 13.7. The zero-order valence-electron chi connectivity index (χ0n) is 26.9. The van der Waals surface area contributed by atoms with Gasteiger partial charge in [-0.1, -0.05) is 12.1 Å². The van der Waals surface area contributed by atoms with Crippen LogP contribution < -0.4 is 37.2 Å². The minimum absolute atomic E-state index is 0.0100. The minimum Gasteiger partial charge on any atom is -0.508 e. The summed E-state index contributed by atoms with van der Waals surface area (Å²) in [4.78, 5) is 53.6. The number of phenols is 2. The first-order valence-electron chi connectivity index (χ1n) is 15.6. The average molecular weight is 658 g/mol. The van der Waals surface area contributed by atoms with E-state index in [9.17, 15) is 39.6 Å². The van der Waals surface area contributed by atoms with Crippen LogP contribution in [0.2, 0.25) is 0 Å². The standard InChI is InChI=1S/C32H47N7O8/c1-33-10-4-5-23-30(45)38-25(32(47)39-26(17-40)29(44)36-16-22(41)15-34-2)14-21-12-19(7-9-28(21)43)18-6-8-27(42)20(11-18)13-24(35-3)31(46)37-23/h6-9,11-12,22-26,33-35,40-43H,4-5,10,13-17H2,1-3H3,(H,36,44)(H,37,46)(H,38,45)(H,39,47)/t22?,23-,24-,25-,26?/m0/s1. The summed E-state index contributed by atoms with van der Waals surface area (Å²) in [5.41, 5.74) is 2.11. The van der Waals surface area contributed by atoms with E-state index in [2.05, 4.69) is 37.2 Å². The summed E-state index contributed by atoms with van der Waals surface area (Å²) in [6.45, 7) is -0.137. The number of benzene rings is 2. The van der Waals surface area contributed by atoms with Crippen LogP contribution >= 0.6 is 0 Å². The molecule has 2 unspecified atom stereocenters. The molecule has 0 radical (unpaired) electrons. The molecule has 2 aromatic rings. The van der Waals surface area contributed by atoms with Crippen molar-refractivity contribution in [3.8, 4) is 22.6 Å². The lowest BCUT2D eigenvalue weighted by atomic mass is 9.95. The van der Waals surface area contributed by atoms with E-state index in [4.69, 9.17) is 0 Å². The van der Waals surface area contributed by atoms with Gasteiger partial charge in [0.25, 0.3) is 0 Å². The van der Waals surface area contributed by atoms with Gasteiger partial charge in [0.15, 0.2) is 0 Å². The van der Waals surface area contributed by atoms with Crippen molar-refractivity contribution in [2.24, 2.45) is 0 Å². The number of nitrogens with one attached hydrogen (secondary N) is 7. The zero-order chi connectivity index (χ0) is 34.5. The maximum absolute atomic E-state index is 13.7. The monoisotopic (exact) mass is 657 g/mol. The van der Waals surface area contributed by atoms with Gasteiger partial charge in [0.1, 0.15) is 29.6 Å². The van der Waals surface area contributed by atoms with E-state index in [1.54, 1.807) is 45.4 Å². The van der Waals surface area contributed by atoms with Gasteiger partial charge in [-0.2, -0.15) is 0 Å². The molecule has 5 atom stereocenters. The Labute approximate surface area is 273 Å². The van der Waals surface area contributed by atoms with Gasteiger partial charge in [0.05, 0.1) is 18.8 Å². The number of aliphatic hydroxyl groups excluding tert-OH is 2. The second-order valence-corrected chi connectivity index (χ2v) is 11.5. The van der Waals surface area contributed by atoms with Gasteiger partial charge in [-0.15, -0.1) is 0 Å². The lowest BCUT2D eigenvalue weighted by Gasteiger charge is -2.26. The SMILES string of the molecule is CNCCC[C@@H]1NC(=O)[C@@H](NC)Cc2cc(ccc2O)-c2ccc(O)c(c2)C[C@@H](C(=O)NC(CO)C(=O)NCC(O)CNC)NC1=O. The van der Waals surface area contributed by atoms with Gasteiger partial charge in [-0.05, 0) is 87.0 Å². The molecule has 0 aliphatic carbocycles. The first kappa shape index (κ1) is 37.2. The number of carbonyl (C=O) groups is 4. The normalized spacial score (nSPS) is 19.7. The lowest BCUT2D eigenvalue weighted by molar-refractivity contribution is -0.134. The van der Waals surface area contributed by atoms with Gasteiger partial charge in [0, 0.05) is 25.9 Å². The Kier molecular flexibility index (Phi) is 14.4. The Hall–Kier alpha value is -4.28. The molecule has 15 nitrogen and oxygen atoms in total. The summed E-state index contributed by atoms with van der Waals surface area (Å²) >= 11 is 0. The molecule has 0 aromatic heterocycles. The first-order chi connectivity index (χ1) is 22.5. The van der Waals surface area contributed by atoms with Crippen molar-refractivity contribution in [3.63, 3.8) is 0 Å². The van der Waals surface area contributed by atoms with Gasteiger partial charge in [0.2, 0.25) is 23.6 Å². The van der Waals surface area contributed by atoms with Gasteiger partial charge >= 0.3 is 0 Å². The highest BCUT2D eigenvalue weighted by atomic mass is 16.3. The van der Waals surface area contributed by atoms with Crippen molar-refractivity contribution >= 4 is 23.6 Å². The predicted octanol–water partition coefficient (Wildman–Crippen LogP) is -2.41. The number of likely N-dealkylation sites (N-methyl/N-ethyl adjacent to an activating group) is 2.